The number of tetrazole rings is 1. The number of aromatic nitrogens is 4. The molecule has 6 nitrogen and oxygen atoms in total. The number of ether oxygens (including phenoxy) is 1. The predicted molar refractivity (Wildman–Crippen MR) is 83.6 cm³/mol. The zero-order chi connectivity index (χ0) is 14.8. The van der Waals surface area contributed by atoms with Gasteiger partial charge in [-0.15, -0.1) is 5.10 Å². The molecular weight excluding hydrogens is 334 g/mol. The van der Waals surface area contributed by atoms with Crippen molar-refractivity contribution in [3.63, 3.8) is 0 Å². The molecule has 1 aromatic carbocycles. The van der Waals surface area contributed by atoms with E-state index >= 15 is 0 Å². The highest BCUT2D eigenvalue weighted by Crippen LogP contribution is 2.30. The van der Waals surface area contributed by atoms with Crippen LogP contribution < -0.4 is 5.73 Å². The first-order valence-electron chi connectivity index (χ1n) is 7.05. The van der Waals surface area contributed by atoms with Crippen LogP contribution in [0.25, 0.3) is 11.4 Å². The number of nitrogens with zero attached hydrogens (tertiary/aromatic N) is 4. The SMILES string of the molecule is Cc1c(N)cc(Br)cc1-c1nnnn1CCC1CCOC1. The smallest absolute Gasteiger partial charge is 0.182 e. The van der Waals surface area contributed by atoms with Crippen LogP contribution in [0.4, 0.5) is 5.69 Å². The molecule has 2 heterocycles. The van der Waals surface area contributed by atoms with Crippen LogP contribution in [-0.2, 0) is 11.3 Å². The number of aryl methyl sites for hydroxylation is 1. The summed E-state index contributed by atoms with van der Waals surface area (Å²) in [6, 6.07) is 3.90. The van der Waals surface area contributed by atoms with Crippen LogP contribution in [0.3, 0.4) is 0 Å². The largest absolute Gasteiger partial charge is 0.398 e. The second kappa shape index (κ2) is 6.11. The number of rotatable bonds is 4. The number of halogens is 1. The normalized spacial score (nSPS) is 18.3. The molecule has 1 aliphatic heterocycles. The summed E-state index contributed by atoms with van der Waals surface area (Å²) in [6.07, 6.45) is 2.15. The van der Waals surface area contributed by atoms with Crippen LogP contribution in [0.1, 0.15) is 18.4 Å². The molecule has 1 saturated heterocycles. The average molecular weight is 352 g/mol. The van der Waals surface area contributed by atoms with Gasteiger partial charge in [-0.2, -0.15) is 0 Å². The molecule has 0 bridgehead atoms. The molecule has 1 aromatic heterocycles. The maximum Gasteiger partial charge on any atom is 0.182 e. The van der Waals surface area contributed by atoms with E-state index < -0.39 is 0 Å². The highest BCUT2D eigenvalue weighted by molar-refractivity contribution is 9.10. The Morgan fingerprint density at radius 2 is 2.33 bits per heavy atom. The number of anilines is 1. The third kappa shape index (κ3) is 3.08. The molecule has 3 rings (SSSR count). The van der Waals surface area contributed by atoms with E-state index in [1.54, 1.807) is 0 Å². The lowest BCUT2D eigenvalue weighted by Gasteiger charge is -2.11. The lowest BCUT2D eigenvalue weighted by molar-refractivity contribution is 0.183. The van der Waals surface area contributed by atoms with Crippen molar-refractivity contribution in [3.8, 4) is 11.4 Å². The topological polar surface area (TPSA) is 78.9 Å². The second-order valence-electron chi connectivity index (χ2n) is 5.41. The Bertz CT molecular complexity index is 636. The van der Waals surface area contributed by atoms with E-state index in [0.29, 0.717) is 5.92 Å². The lowest BCUT2D eigenvalue weighted by atomic mass is 10.0. The summed E-state index contributed by atoms with van der Waals surface area (Å²) in [5.41, 5.74) is 8.73. The molecule has 0 radical (unpaired) electrons. The fraction of sp³-hybridized carbons (Fsp3) is 0.500. The highest BCUT2D eigenvalue weighted by Gasteiger charge is 2.18. The van der Waals surface area contributed by atoms with E-state index in [1.165, 1.54) is 0 Å². The number of nitrogens with two attached hydrogens (primary N) is 1. The maximum absolute atomic E-state index is 6.03. The van der Waals surface area contributed by atoms with Gasteiger partial charge in [-0.1, -0.05) is 15.9 Å². The minimum Gasteiger partial charge on any atom is -0.398 e. The van der Waals surface area contributed by atoms with Gasteiger partial charge in [0.05, 0.1) is 0 Å². The standard InChI is InChI=1S/C14H18BrN5O/c1-9-12(6-11(15)7-13(9)16)14-17-18-19-20(14)4-2-10-3-5-21-8-10/h6-7,10H,2-5,8,16H2,1H3. The van der Waals surface area contributed by atoms with Crippen molar-refractivity contribution in [3.05, 3.63) is 22.2 Å². The first-order chi connectivity index (χ1) is 10.1. The number of hydrogen-bond donors (Lipinski definition) is 1. The third-order valence-electron chi connectivity index (χ3n) is 3.96. The summed E-state index contributed by atoms with van der Waals surface area (Å²) >= 11 is 3.48. The van der Waals surface area contributed by atoms with Gasteiger partial charge < -0.3 is 10.5 Å². The molecule has 7 heteroatoms. The molecule has 1 aliphatic rings. The molecule has 2 N–H and O–H groups in total. The Morgan fingerprint density at radius 1 is 1.48 bits per heavy atom. The first kappa shape index (κ1) is 14.5. The fourth-order valence-corrected chi connectivity index (χ4v) is 3.07. The van der Waals surface area contributed by atoms with Crippen LogP contribution >= 0.6 is 15.9 Å². The van der Waals surface area contributed by atoms with Gasteiger partial charge in [0, 0.05) is 35.5 Å². The van der Waals surface area contributed by atoms with Gasteiger partial charge in [0.1, 0.15) is 0 Å². The zero-order valence-electron chi connectivity index (χ0n) is 11.9. The molecule has 21 heavy (non-hydrogen) atoms. The summed E-state index contributed by atoms with van der Waals surface area (Å²) in [6.45, 7) is 4.50. The number of hydrogen-bond acceptors (Lipinski definition) is 5. The molecule has 1 unspecified atom stereocenters. The van der Waals surface area contributed by atoms with Crippen molar-refractivity contribution >= 4 is 21.6 Å². The van der Waals surface area contributed by atoms with Crippen molar-refractivity contribution in [2.24, 2.45) is 5.92 Å². The first-order valence-corrected chi connectivity index (χ1v) is 7.84. The molecular formula is C14H18BrN5O. The van der Waals surface area contributed by atoms with Gasteiger partial charge >= 0.3 is 0 Å². The monoisotopic (exact) mass is 351 g/mol. The Morgan fingerprint density at radius 3 is 3.10 bits per heavy atom. The summed E-state index contributed by atoms with van der Waals surface area (Å²) in [5.74, 6) is 1.37. The summed E-state index contributed by atoms with van der Waals surface area (Å²) < 4.78 is 8.19. The van der Waals surface area contributed by atoms with E-state index in [4.69, 9.17) is 10.5 Å². The summed E-state index contributed by atoms with van der Waals surface area (Å²) in [4.78, 5) is 0. The second-order valence-corrected chi connectivity index (χ2v) is 6.33. The molecule has 112 valence electrons. The molecule has 2 aromatic rings. The van der Waals surface area contributed by atoms with Crippen molar-refractivity contribution in [2.75, 3.05) is 18.9 Å². The summed E-state index contributed by atoms with van der Waals surface area (Å²) in [7, 11) is 0. The highest BCUT2D eigenvalue weighted by atomic mass is 79.9. The van der Waals surface area contributed by atoms with Crippen molar-refractivity contribution in [1.82, 2.24) is 20.2 Å². The zero-order valence-corrected chi connectivity index (χ0v) is 13.5. The van der Waals surface area contributed by atoms with Gasteiger partial charge in [-0.25, -0.2) is 4.68 Å². The average Bonchev–Trinajstić information content (AvgIpc) is 3.11. The molecule has 0 amide bonds. The Hall–Kier alpha value is -1.47. The Kier molecular flexibility index (Phi) is 4.21. The Labute approximate surface area is 131 Å². The maximum atomic E-state index is 6.03. The van der Waals surface area contributed by atoms with Crippen LogP contribution in [0.2, 0.25) is 0 Å². The summed E-state index contributed by atoms with van der Waals surface area (Å²) in [5, 5.41) is 12.1. The third-order valence-corrected chi connectivity index (χ3v) is 4.42. The van der Waals surface area contributed by atoms with Gasteiger partial charge in [0.25, 0.3) is 0 Å². The van der Waals surface area contributed by atoms with Gasteiger partial charge in [0.15, 0.2) is 5.82 Å². The lowest BCUT2D eigenvalue weighted by Crippen LogP contribution is -2.09. The van der Waals surface area contributed by atoms with Gasteiger partial charge in [0.2, 0.25) is 0 Å². The molecule has 0 spiro atoms. The van der Waals surface area contributed by atoms with E-state index in [-0.39, 0.29) is 0 Å². The molecule has 1 atom stereocenters. The predicted octanol–water partition coefficient (Wildman–Crippen LogP) is 2.42. The van der Waals surface area contributed by atoms with Crippen molar-refractivity contribution < 1.29 is 4.74 Å². The van der Waals surface area contributed by atoms with Crippen LogP contribution in [-0.4, -0.2) is 33.4 Å². The van der Waals surface area contributed by atoms with Crippen LogP contribution in [0.5, 0.6) is 0 Å². The van der Waals surface area contributed by atoms with Crippen molar-refractivity contribution in [1.29, 1.82) is 0 Å². The van der Waals surface area contributed by atoms with Gasteiger partial charge in [-0.05, 0) is 53.8 Å². The number of benzene rings is 1. The van der Waals surface area contributed by atoms with Gasteiger partial charge in [-0.3, -0.25) is 0 Å². The minimum atomic E-state index is 0.607. The van der Waals surface area contributed by atoms with E-state index in [1.807, 2.05) is 23.7 Å². The van der Waals surface area contributed by atoms with Crippen LogP contribution in [0.15, 0.2) is 16.6 Å². The molecule has 0 aliphatic carbocycles. The van der Waals surface area contributed by atoms with E-state index in [9.17, 15) is 0 Å². The van der Waals surface area contributed by atoms with E-state index in [2.05, 4.69) is 31.5 Å². The molecule has 0 saturated carbocycles. The molecule has 1 fully saturated rings. The quantitative estimate of drug-likeness (QED) is 0.855. The fourth-order valence-electron chi connectivity index (χ4n) is 2.60. The van der Waals surface area contributed by atoms with Crippen molar-refractivity contribution in [2.45, 2.75) is 26.3 Å². The van der Waals surface area contributed by atoms with Crippen LogP contribution in [0, 0.1) is 12.8 Å². The number of nitrogen functional groups attached to an aromatic ring is 1. The Balaban J connectivity index is 1.84. The van der Waals surface area contributed by atoms with E-state index in [0.717, 1.165) is 59.7 Å². The minimum absolute atomic E-state index is 0.607.